The number of aliphatic hydroxyl groups excluding tert-OH is 1. The van der Waals surface area contributed by atoms with Gasteiger partial charge in [-0.05, 0) is 49.9 Å². The molecule has 0 bridgehead atoms. The standard InChI is InChI=1S/C13H21NO3S/c1-5-11(4)14-18(16,17)13-7-12(8-15)9(2)6-10(13)3/h6-7,11,14-15H,5,8H2,1-4H3. The summed E-state index contributed by atoms with van der Waals surface area (Å²) < 4.78 is 27.0. The molecule has 0 aromatic heterocycles. The van der Waals surface area contributed by atoms with Crippen molar-refractivity contribution in [3.05, 3.63) is 28.8 Å². The van der Waals surface area contributed by atoms with Gasteiger partial charge >= 0.3 is 0 Å². The molecular weight excluding hydrogens is 250 g/mol. The molecule has 1 aromatic rings. The Hall–Kier alpha value is -0.910. The minimum Gasteiger partial charge on any atom is -0.392 e. The summed E-state index contributed by atoms with van der Waals surface area (Å²) in [7, 11) is -3.51. The summed E-state index contributed by atoms with van der Waals surface area (Å²) in [6, 6.07) is 3.24. The van der Waals surface area contributed by atoms with Crippen LogP contribution >= 0.6 is 0 Å². The summed E-state index contributed by atoms with van der Waals surface area (Å²) in [4.78, 5) is 0.248. The highest BCUT2D eigenvalue weighted by molar-refractivity contribution is 7.89. The maximum absolute atomic E-state index is 12.2. The predicted octanol–water partition coefficient (Wildman–Crippen LogP) is 1.87. The van der Waals surface area contributed by atoms with Crippen LogP contribution in [0.15, 0.2) is 17.0 Å². The fraction of sp³-hybridized carbons (Fsp3) is 0.538. The lowest BCUT2D eigenvalue weighted by Gasteiger charge is -2.15. The third kappa shape index (κ3) is 3.31. The van der Waals surface area contributed by atoms with Gasteiger partial charge in [0.25, 0.3) is 0 Å². The lowest BCUT2D eigenvalue weighted by atomic mass is 10.1. The SMILES string of the molecule is CCC(C)NS(=O)(=O)c1cc(CO)c(C)cc1C. The van der Waals surface area contributed by atoms with Gasteiger partial charge in [0.1, 0.15) is 0 Å². The largest absolute Gasteiger partial charge is 0.392 e. The summed E-state index contributed by atoms with van der Waals surface area (Å²) in [5.74, 6) is 0. The van der Waals surface area contributed by atoms with Crippen LogP contribution in [0.3, 0.4) is 0 Å². The number of benzene rings is 1. The van der Waals surface area contributed by atoms with Crippen LogP contribution in [0.5, 0.6) is 0 Å². The van der Waals surface area contributed by atoms with Crippen LogP contribution in [-0.4, -0.2) is 19.6 Å². The molecule has 4 nitrogen and oxygen atoms in total. The minimum atomic E-state index is -3.51. The van der Waals surface area contributed by atoms with Crippen molar-refractivity contribution in [3.63, 3.8) is 0 Å². The van der Waals surface area contributed by atoms with Crippen molar-refractivity contribution in [1.82, 2.24) is 4.72 Å². The normalized spacial score (nSPS) is 13.6. The van der Waals surface area contributed by atoms with E-state index in [9.17, 15) is 13.5 Å². The maximum Gasteiger partial charge on any atom is 0.241 e. The molecule has 0 spiro atoms. The van der Waals surface area contributed by atoms with Gasteiger partial charge in [0.05, 0.1) is 11.5 Å². The molecule has 0 fully saturated rings. The van der Waals surface area contributed by atoms with Crippen molar-refractivity contribution in [2.24, 2.45) is 0 Å². The molecule has 0 aliphatic carbocycles. The quantitative estimate of drug-likeness (QED) is 0.859. The number of aliphatic hydroxyl groups is 1. The highest BCUT2D eigenvalue weighted by Crippen LogP contribution is 2.21. The Morgan fingerprint density at radius 2 is 1.89 bits per heavy atom. The molecule has 1 unspecified atom stereocenters. The number of sulfonamides is 1. The van der Waals surface area contributed by atoms with Gasteiger partial charge in [0.15, 0.2) is 0 Å². The molecule has 0 amide bonds. The summed E-state index contributed by atoms with van der Waals surface area (Å²) in [5, 5.41) is 9.21. The van der Waals surface area contributed by atoms with Crippen molar-refractivity contribution < 1.29 is 13.5 Å². The molecule has 102 valence electrons. The second kappa shape index (κ2) is 5.82. The van der Waals surface area contributed by atoms with E-state index >= 15 is 0 Å². The van der Waals surface area contributed by atoms with Crippen LogP contribution < -0.4 is 4.72 Å². The van der Waals surface area contributed by atoms with Crippen molar-refractivity contribution in [2.75, 3.05) is 0 Å². The lowest BCUT2D eigenvalue weighted by Crippen LogP contribution is -2.32. The molecule has 0 saturated carbocycles. The molecule has 1 rings (SSSR count). The van der Waals surface area contributed by atoms with E-state index in [1.807, 2.05) is 20.8 Å². The summed E-state index contributed by atoms with van der Waals surface area (Å²) in [6.45, 7) is 7.22. The topological polar surface area (TPSA) is 66.4 Å². The Balaban J connectivity index is 3.24. The first kappa shape index (κ1) is 15.1. The van der Waals surface area contributed by atoms with Gasteiger partial charge in [-0.2, -0.15) is 0 Å². The first-order valence-corrected chi connectivity index (χ1v) is 7.53. The van der Waals surface area contributed by atoms with Gasteiger partial charge in [0, 0.05) is 6.04 Å². The average molecular weight is 271 g/mol. The Bertz CT molecular complexity index is 523. The third-order valence-corrected chi connectivity index (χ3v) is 4.79. The molecule has 0 radical (unpaired) electrons. The Labute approximate surface area is 109 Å². The van der Waals surface area contributed by atoms with E-state index < -0.39 is 10.0 Å². The molecule has 1 aromatic carbocycles. The zero-order valence-electron chi connectivity index (χ0n) is 11.3. The number of aryl methyl sites for hydroxylation is 2. The zero-order valence-corrected chi connectivity index (χ0v) is 12.1. The number of rotatable bonds is 5. The Kier molecular flexibility index (Phi) is 4.90. The first-order valence-electron chi connectivity index (χ1n) is 6.05. The Morgan fingerprint density at radius 3 is 2.39 bits per heavy atom. The molecule has 0 heterocycles. The van der Waals surface area contributed by atoms with Crippen LogP contribution in [0.25, 0.3) is 0 Å². The predicted molar refractivity (Wildman–Crippen MR) is 71.9 cm³/mol. The van der Waals surface area contributed by atoms with E-state index in [0.29, 0.717) is 11.1 Å². The van der Waals surface area contributed by atoms with Gasteiger partial charge in [0.2, 0.25) is 10.0 Å². The van der Waals surface area contributed by atoms with Crippen LogP contribution in [0, 0.1) is 13.8 Å². The smallest absolute Gasteiger partial charge is 0.241 e. The van der Waals surface area contributed by atoms with E-state index in [1.54, 1.807) is 19.1 Å². The zero-order chi connectivity index (χ0) is 13.9. The van der Waals surface area contributed by atoms with Gasteiger partial charge in [-0.1, -0.05) is 13.0 Å². The van der Waals surface area contributed by atoms with E-state index in [2.05, 4.69) is 4.72 Å². The molecule has 2 N–H and O–H groups in total. The van der Waals surface area contributed by atoms with Crippen LogP contribution in [-0.2, 0) is 16.6 Å². The molecular formula is C13H21NO3S. The van der Waals surface area contributed by atoms with Crippen LogP contribution in [0.4, 0.5) is 0 Å². The van der Waals surface area contributed by atoms with Crippen molar-refractivity contribution in [1.29, 1.82) is 0 Å². The maximum atomic E-state index is 12.2. The van der Waals surface area contributed by atoms with Gasteiger partial charge in [-0.15, -0.1) is 0 Å². The van der Waals surface area contributed by atoms with E-state index in [4.69, 9.17) is 0 Å². The summed E-state index contributed by atoms with van der Waals surface area (Å²) >= 11 is 0. The lowest BCUT2D eigenvalue weighted by molar-refractivity contribution is 0.280. The summed E-state index contributed by atoms with van der Waals surface area (Å²) in [6.07, 6.45) is 0.733. The second-order valence-corrected chi connectivity index (χ2v) is 6.32. The summed E-state index contributed by atoms with van der Waals surface area (Å²) in [5.41, 5.74) is 2.24. The fourth-order valence-electron chi connectivity index (χ4n) is 1.75. The number of hydrogen-bond donors (Lipinski definition) is 2. The molecule has 18 heavy (non-hydrogen) atoms. The number of hydrogen-bond acceptors (Lipinski definition) is 3. The van der Waals surface area contributed by atoms with E-state index in [0.717, 1.165) is 12.0 Å². The van der Waals surface area contributed by atoms with E-state index in [1.165, 1.54) is 0 Å². The number of nitrogens with one attached hydrogen (secondary N) is 1. The third-order valence-electron chi connectivity index (χ3n) is 3.06. The van der Waals surface area contributed by atoms with Gasteiger partial charge in [-0.25, -0.2) is 13.1 Å². The van der Waals surface area contributed by atoms with Crippen molar-refractivity contribution in [3.8, 4) is 0 Å². The van der Waals surface area contributed by atoms with Crippen LogP contribution in [0.2, 0.25) is 0 Å². The minimum absolute atomic E-state index is 0.103. The van der Waals surface area contributed by atoms with E-state index in [-0.39, 0.29) is 17.5 Å². The molecule has 0 saturated heterocycles. The van der Waals surface area contributed by atoms with Gasteiger partial charge in [-0.3, -0.25) is 0 Å². The van der Waals surface area contributed by atoms with Crippen molar-refractivity contribution in [2.45, 2.75) is 51.7 Å². The molecule has 0 aliphatic rings. The van der Waals surface area contributed by atoms with Crippen LogP contribution in [0.1, 0.15) is 37.0 Å². The second-order valence-electron chi connectivity index (χ2n) is 4.63. The van der Waals surface area contributed by atoms with Crippen molar-refractivity contribution >= 4 is 10.0 Å². The first-order chi connectivity index (χ1) is 8.31. The molecule has 1 atom stereocenters. The molecule has 5 heteroatoms. The molecule has 0 aliphatic heterocycles. The fourth-order valence-corrected chi connectivity index (χ4v) is 3.35. The van der Waals surface area contributed by atoms with Gasteiger partial charge < -0.3 is 5.11 Å². The average Bonchev–Trinajstić information content (AvgIpc) is 2.28. The monoisotopic (exact) mass is 271 g/mol. The highest BCUT2D eigenvalue weighted by atomic mass is 32.2. The Morgan fingerprint density at radius 1 is 1.28 bits per heavy atom. The highest BCUT2D eigenvalue weighted by Gasteiger charge is 2.20.